The number of hydrogen-bond acceptors (Lipinski definition) is 2. The van der Waals surface area contributed by atoms with Crippen LogP contribution in [0.25, 0.3) is 0 Å². The maximum atomic E-state index is 5.15. The van der Waals surface area contributed by atoms with Crippen molar-refractivity contribution in [3.63, 3.8) is 0 Å². The van der Waals surface area contributed by atoms with E-state index in [2.05, 4.69) is 43.4 Å². The van der Waals surface area contributed by atoms with Crippen LogP contribution in [0, 0.1) is 6.92 Å². The molecule has 0 amide bonds. The highest BCUT2D eigenvalue weighted by molar-refractivity contribution is 5.46. The number of rotatable bonds is 5. The largest absolute Gasteiger partial charge is 0.497 e. The number of ether oxygens (including phenoxy) is 1. The van der Waals surface area contributed by atoms with Crippen LogP contribution in [0.3, 0.4) is 0 Å². The summed E-state index contributed by atoms with van der Waals surface area (Å²) in [4.78, 5) is 0. The second-order valence-corrected chi connectivity index (χ2v) is 4.87. The fourth-order valence-electron chi connectivity index (χ4n) is 2.23. The topological polar surface area (TPSA) is 21.3 Å². The molecule has 0 fully saturated rings. The number of aryl methyl sites for hydroxylation is 1. The first-order valence-corrected chi connectivity index (χ1v) is 6.64. The number of hydrogen-bond donors (Lipinski definition) is 1. The van der Waals surface area contributed by atoms with Gasteiger partial charge in [0, 0.05) is 12.2 Å². The number of methoxy groups -OCH3 is 1. The standard InChI is InChI=1S/C17H21NO/c1-13-6-4-5-7-17(13)14(2)12-18-15-8-10-16(19-3)11-9-15/h4-11,14,18H,12H2,1-3H3. The molecule has 19 heavy (non-hydrogen) atoms. The Morgan fingerprint density at radius 3 is 2.37 bits per heavy atom. The number of anilines is 1. The van der Waals surface area contributed by atoms with Gasteiger partial charge in [0.1, 0.15) is 5.75 Å². The summed E-state index contributed by atoms with van der Waals surface area (Å²) < 4.78 is 5.15. The minimum absolute atomic E-state index is 0.489. The van der Waals surface area contributed by atoms with Gasteiger partial charge in [-0.15, -0.1) is 0 Å². The molecule has 0 spiro atoms. The van der Waals surface area contributed by atoms with E-state index in [-0.39, 0.29) is 0 Å². The molecule has 0 radical (unpaired) electrons. The molecular formula is C17H21NO. The highest BCUT2D eigenvalue weighted by Gasteiger charge is 2.07. The van der Waals surface area contributed by atoms with Gasteiger partial charge in [0.05, 0.1) is 7.11 Å². The van der Waals surface area contributed by atoms with Crippen molar-refractivity contribution in [3.05, 3.63) is 59.7 Å². The smallest absolute Gasteiger partial charge is 0.119 e. The minimum Gasteiger partial charge on any atom is -0.497 e. The molecule has 2 aromatic carbocycles. The van der Waals surface area contributed by atoms with Crippen LogP contribution in [0.15, 0.2) is 48.5 Å². The third kappa shape index (κ3) is 3.50. The molecule has 0 saturated carbocycles. The lowest BCUT2D eigenvalue weighted by molar-refractivity contribution is 0.415. The van der Waals surface area contributed by atoms with E-state index in [0.717, 1.165) is 18.0 Å². The van der Waals surface area contributed by atoms with Crippen LogP contribution < -0.4 is 10.1 Å². The van der Waals surface area contributed by atoms with Crippen molar-refractivity contribution in [1.29, 1.82) is 0 Å². The van der Waals surface area contributed by atoms with Crippen molar-refractivity contribution < 1.29 is 4.74 Å². The second kappa shape index (κ2) is 6.28. The summed E-state index contributed by atoms with van der Waals surface area (Å²) in [5.41, 5.74) is 3.89. The van der Waals surface area contributed by atoms with E-state index >= 15 is 0 Å². The molecular weight excluding hydrogens is 234 g/mol. The Morgan fingerprint density at radius 1 is 1.05 bits per heavy atom. The van der Waals surface area contributed by atoms with Gasteiger partial charge in [0.25, 0.3) is 0 Å². The van der Waals surface area contributed by atoms with Crippen molar-refractivity contribution in [2.45, 2.75) is 19.8 Å². The summed E-state index contributed by atoms with van der Waals surface area (Å²) in [7, 11) is 1.68. The monoisotopic (exact) mass is 255 g/mol. The molecule has 1 N–H and O–H groups in total. The molecule has 1 unspecified atom stereocenters. The van der Waals surface area contributed by atoms with Gasteiger partial charge >= 0.3 is 0 Å². The first-order valence-electron chi connectivity index (χ1n) is 6.64. The van der Waals surface area contributed by atoms with Crippen LogP contribution in [0.2, 0.25) is 0 Å². The van der Waals surface area contributed by atoms with Crippen LogP contribution >= 0.6 is 0 Å². The molecule has 0 bridgehead atoms. The Morgan fingerprint density at radius 2 is 1.74 bits per heavy atom. The van der Waals surface area contributed by atoms with E-state index in [1.54, 1.807) is 7.11 Å². The maximum Gasteiger partial charge on any atom is 0.119 e. The Hall–Kier alpha value is -1.96. The Bertz CT molecular complexity index is 519. The zero-order valence-corrected chi connectivity index (χ0v) is 11.8. The van der Waals surface area contributed by atoms with Crippen LogP contribution in [0.1, 0.15) is 24.0 Å². The summed E-state index contributed by atoms with van der Waals surface area (Å²) in [5, 5.41) is 3.47. The predicted molar refractivity (Wildman–Crippen MR) is 81.1 cm³/mol. The average Bonchev–Trinajstić information content (AvgIpc) is 2.46. The average molecular weight is 255 g/mol. The quantitative estimate of drug-likeness (QED) is 0.863. The van der Waals surface area contributed by atoms with Gasteiger partial charge in [-0.1, -0.05) is 31.2 Å². The van der Waals surface area contributed by atoms with Crippen molar-refractivity contribution in [2.24, 2.45) is 0 Å². The summed E-state index contributed by atoms with van der Waals surface area (Å²) in [6.45, 7) is 5.34. The molecule has 100 valence electrons. The third-order valence-electron chi connectivity index (χ3n) is 3.42. The Balaban J connectivity index is 1.96. The van der Waals surface area contributed by atoms with Gasteiger partial charge < -0.3 is 10.1 Å². The molecule has 0 saturated heterocycles. The molecule has 0 aliphatic carbocycles. The van der Waals surface area contributed by atoms with Crippen molar-refractivity contribution in [1.82, 2.24) is 0 Å². The van der Waals surface area contributed by atoms with Crippen LogP contribution in [0.5, 0.6) is 5.75 Å². The van der Waals surface area contributed by atoms with E-state index in [1.165, 1.54) is 11.1 Å². The highest BCUT2D eigenvalue weighted by Crippen LogP contribution is 2.21. The summed E-state index contributed by atoms with van der Waals surface area (Å²) in [6, 6.07) is 16.6. The summed E-state index contributed by atoms with van der Waals surface area (Å²) in [5.74, 6) is 1.38. The highest BCUT2D eigenvalue weighted by atomic mass is 16.5. The molecule has 0 aromatic heterocycles. The first kappa shape index (κ1) is 13.5. The van der Waals surface area contributed by atoms with Crippen molar-refractivity contribution in [2.75, 3.05) is 19.0 Å². The van der Waals surface area contributed by atoms with Crippen LogP contribution in [-0.2, 0) is 0 Å². The lowest BCUT2D eigenvalue weighted by Gasteiger charge is -2.16. The summed E-state index contributed by atoms with van der Waals surface area (Å²) in [6.07, 6.45) is 0. The molecule has 2 heteroatoms. The maximum absolute atomic E-state index is 5.15. The molecule has 2 rings (SSSR count). The van der Waals surface area contributed by atoms with Crippen molar-refractivity contribution in [3.8, 4) is 5.75 Å². The molecule has 1 atom stereocenters. The number of benzene rings is 2. The fourth-order valence-corrected chi connectivity index (χ4v) is 2.23. The van der Waals surface area contributed by atoms with Gasteiger partial charge in [0.15, 0.2) is 0 Å². The van der Waals surface area contributed by atoms with Gasteiger partial charge in [-0.3, -0.25) is 0 Å². The van der Waals surface area contributed by atoms with Gasteiger partial charge in [-0.2, -0.15) is 0 Å². The summed E-state index contributed by atoms with van der Waals surface area (Å²) >= 11 is 0. The Labute approximate surface area is 115 Å². The van der Waals surface area contributed by atoms with E-state index in [1.807, 2.05) is 24.3 Å². The van der Waals surface area contributed by atoms with E-state index in [9.17, 15) is 0 Å². The van der Waals surface area contributed by atoms with E-state index < -0.39 is 0 Å². The van der Waals surface area contributed by atoms with Crippen molar-refractivity contribution >= 4 is 5.69 Å². The van der Waals surface area contributed by atoms with E-state index in [4.69, 9.17) is 4.74 Å². The zero-order chi connectivity index (χ0) is 13.7. The molecule has 0 aliphatic rings. The third-order valence-corrected chi connectivity index (χ3v) is 3.42. The van der Waals surface area contributed by atoms with Gasteiger partial charge in [-0.25, -0.2) is 0 Å². The SMILES string of the molecule is COc1ccc(NCC(C)c2ccccc2C)cc1. The minimum atomic E-state index is 0.489. The van der Waals surface area contributed by atoms with Gasteiger partial charge in [-0.05, 0) is 48.2 Å². The van der Waals surface area contributed by atoms with Gasteiger partial charge in [0.2, 0.25) is 0 Å². The normalized spacial score (nSPS) is 11.9. The molecule has 2 aromatic rings. The predicted octanol–water partition coefficient (Wildman–Crippen LogP) is 4.22. The Kier molecular flexibility index (Phi) is 4.45. The lowest BCUT2D eigenvalue weighted by Crippen LogP contribution is -2.10. The van der Waals surface area contributed by atoms with Crippen LogP contribution in [0.4, 0.5) is 5.69 Å². The molecule has 0 heterocycles. The zero-order valence-electron chi connectivity index (χ0n) is 11.8. The lowest BCUT2D eigenvalue weighted by atomic mass is 9.96. The van der Waals surface area contributed by atoms with E-state index in [0.29, 0.717) is 5.92 Å². The first-order chi connectivity index (χ1) is 9.20. The van der Waals surface area contributed by atoms with Crippen LogP contribution in [-0.4, -0.2) is 13.7 Å². The second-order valence-electron chi connectivity index (χ2n) is 4.87. The number of nitrogens with one attached hydrogen (secondary N) is 1. The fraction of sp³-hybridized carbons (Fsp3) is 0.294. The molecule has 0 aliphatic heterocycles. The molecule has 2 nitrogen and oxygen atoms in total.